The van der Waals surface area contributed by atoms with Crippen molar-refractivity contribution in [3.8, 4) is 45.6 Å². The van der Waals surface area contributed by atoms with E-state index >= 15 is 0 Å². The summed E-state index contributed by atoms with van der Waals surface area (Å²) in [4.78, 5) is 0. The van der Waals surface area contributed by atoms with Crippen molar-refractivity contribution in [2.24, 2.45) is 11.8 Å². The Labute approximate surface area is 176 Å². The second-order valence-electron chi connectivity index (χ2n) is 7.73. The van der Waals surface area contributed by atoms with E-state index in [1.807, 2.05) is 12.1 Å². The monoisotopic (exact) mass is 416 g/mol. The van der Waals surface area contributed by atoms with Crippen molar-refractivity contribution in [2.75, 3.05) is 35.5 Å². The number of fused-ring (bicyclic) bond motifs is 7. The minimum absolute atomic E-state index is 0.0476. The number of benzene rings is 2. The van der Waals surface area contributed by atoms with E-state index in [-0.39, 0.29) is 29.8 Å². The topological polar surface area (TPSA) is 75.6 Å². The molecule has 2 aromatic rings. The van der Waals surface area contributed by atoms with Crippen LogP contribution in [0.1, 0.15) is 37.2 Å². The third-order valence-electron chi connectivity index (χ3n) is 6.48. The summed E-state index contributed by atoms with van der Waals surface area (Å²) in [5, 5.41) is 10.8. The average Bonchev–Trinajstić information content (AvgIpc) is 2.97. The van der Waals surface area contributed by atoms with Crippen molar-refractivity contribution >= 4 is 0 Å². The largest absolute Gasteiger partial charge is 0.502 e. The van der Waals surface area contributed by atoms with Crippen LogP contribution in [0.15, 0.2) is 12.1 Å². The zero-order chi connectivity index (χ0) is 21.7. The average molecular weight is 416 g/mol. The van der Waals surface area contributed by atoms with E-state index < -0.39 is 0 Å². The molecule has 0 radical (unpaired) electrons. The first-order valence-corrected chi connectivity index (χ1v) is 9.89. The molecular formula is C23H28O7. The van der Waals surface area contributed by atoms with Gasteiger partial charge in [0.1, 0.15) is 0 Å². The van der Waals surface area contributed by atoms with E-state index in [4.69, 9.17) is 28.4 Å². The fourth-order valence-corrected chi connectivity index (χ4v) is 4.81. The molecule has 4 rings (SSSR count). The van der Waals surface area contributed by atoms with Crippen LogP contribution in [0.3, 0.4) is 0 Å². The lowest BCUT2D eigenvalue weighted by atomic mass is 9.77. The normalized spacial score (nSPS) is 23.8. The van der Waals surface area contributed by atoms with Crippen LogP contribution in [-0.2, 0) is 4.74 Å². The summed E-state index contributed by atoms with van der Waals surface area (Å²) in [5.41, 5.74) is 3.37. The number of ether oxygens (including phenoxy) is 6. The highest BCUT2D eigenvalue weighted by Crippen LogP contribution is 2.63. The van der Waals surface area contributed by atoms with Crippen LogP contribution in [0.5, 0.6) is 34.5 Å². The molecule has 30 heavy (non-hydrogen) atoms. The molecule has 1 fully saturated rings. The molecule has 162 valence electrons. The van der Waals surface area contributed by atoms with Gasteiger partial charge < -0.3 is 33.5 Å². The molecule has 7 heteroatoms. The van der Waals surface area contributed by atoms with Crippen LogP contribution in [0.25, 0.3) is 11.1 Å². The van der Waals surface area contributed by atoms with Crippen LogP contribution in [0.4, 0.5) is 0 Å². The van der Waals surface area contributed by atoms with Gasteiger partial charge in [-0.25, -0.2) is 0 Å². The van der Waals surface area contributed by atoms with Gasteiger partial charge in [0.05, 0.1) is 47.8 Å². The van der Waals surface area contributed by atoms with Crippen molar-refractivity contribution < 1.29 is 33.5 Å². The summed E-state index contributed by atoms with van der Waals surface area (Å²) in [7, 11) is 7.82. The fourth-order valence-electron chi connectivity index (χ4n) is 4.81. The molecule has 2 aliphatic rings. The van der Waals surface area contributed by atoms with Gasteiger partial charge in [-0.2, -0.15) is 0 Å². The predicted octanol–water partition coefficient (Wildman–Crippen LogP) is 4.50. The molecule has 2 aromatic carbocycles. The minimum atomic E-state index is -0.263. The highest BCUT2D eigenvalue weighted by Gasteiger charge is 2.48. The molecule has 4 unspecified atom stereocenters. The van der Waals surface area contributed by atoms with E-state index in [9.17, 15) is 5.11 Å². The molecular weight excluding hydrogens is 388 g/mol. The van der Waals surface area contributed by atoms with Gasteiger partial charge in [-0.3, -0.25) is 0 Å². The van der Waals surface area contributed by atoms with Gasteiger partial charge in [-0.05, 0) is 35.1 Å². The number of rotatable bonds is 5. The van der Waals surface area contributed by atoms with Crippen LogP contribution < -0.4 is 23.7 Å². The van der Waals surface area contributed by atoms with Gasteiger partial charge >= 0.3 is 0 Å². The molecule has 2 bridgehead atoms. The molecule has 7 nitrogen and oxygen atoms in total. The lowest BCUT2D eigenvalue weighted by molar-refractivity contribution is 0.0299. The number of phenolic OH excluding ortho intramolecular Hbond substituents is 1. The fraction of sp³-hybridized carbons (Fsp3) is 0.478. The van der Waals surface area contributed by atoms with Crippen LogP contribution in [0, 0.1) is 11.8 Å². The number of phenols is 1. The molecule has 0 aliphatic carbocycles. The number of hydrogen-bond acceptors (Lipinski definition) is 7. The maximum absolute atomic E-state index is 10.8. The summed E-state index contributed by atoms with van der Waals surface area (Å²) < 4.78 is 34.7. The highest BCUT2D eigenvalue weighted by molar-refractivity contribution is 5.86. The van der Waals surface area contributed by atoms with Crippen LogP contribution in [0.2, 0.25) is 0 Å². The molecule has 2 aliphatic heterocycles. The Bertz CT molecular complexity index is 984. The maximum atomic E-state index is 10.8. The maximum Gasteiger partial charge on any atom is 0.203 e. The van der Waals surface area contributed by atoms with Crippen LogP contribution in [-0.4, -0.2) is 40.7 Å². The Kier molecular flexibility index (Phi) is 5.10. The summed E-state index contributed by atoms with van der Waals surface area (Å²) >= 11 is 0. The first kappa shape index (κ1) is 20.5. The zero-order valence-electron chi connectivity index (χ0n) is 18.4. The molecule has 4 atom stereocenters. The molecule has 1 N–H and O–H groups in total. The number of hydrogen-bond donors (Lipinski definition) is 1. The summed E-state index contributed by atoms with van der Waals surface area (Å²) in [5.74, 6) is 2.63. The molecule has 0 spiro atoms. The van der Waals surface area contributed by atoms with Crippen molar-refractivity contribution in [1.29, 1.82) is 0 Å². The van der Waals surface area contributed by atoms with Crippen molar-refractivity contribution in [2.45, 2.75) is 26.1 Å². The van der Waals surface area contributed by atoms with Gasteiger partial charge in [0.15, 0.2) is 23.0 Å². The number of aromatic hydroxyl groups is 1. The first-order chi connectivity index (χ1) is 14.4. The second kappa shape index (κ2) is 7.47. The van der Waals surface area contributed by atoms with E-state index in [1.54, 1.807) is 21.3 Å². The Morgan fingerprint density at radius 3 is 1.90 bits per heavy atom. The van der Waals surface area contributed by atoms with Gasteiger partial charge in [0.2, 0.25) is 11.5 Å². The van der Waals surface area contributed by atoms with Gasteiger partial charge in [-0.1, -0.05) is 13.8 Å². The lowest BCUT2D eigenvalue weighted by Crippen LogP contribution is -2.15. The SMILES string of the molecule is COc1cc2c(c(OC)c1O)C1OC(c3cc(OC)c(OC)c(OC)c3-2)C(C)C1C. The Morgan fingerprint density at radius 1 is 0.733 bits per heavy atom. The van der Waals surface area contributed by atoms with E-state index in [0.717, 1.165) is 22.3 Å². The third-order valence-corrected chi connectivity index (χ3v) is 6.48. The molecule has 0 saturated carbocycles. The van der Waals surface area contributed by atoms with Crippen molar-refractivity contribution in [1.82, 2.24) is 0 Å². The quantitative estimate of drug-likeness (QED) is 0.769. The lowest BCUT2D eigenvalue weighted by Gasteiger charge is -2.28. The molecule has 0 amide bonds. The Morgan fingerprint density at radius 2 is 1.33 bits per heavy atom. The van der Waals surface area contributed by atoms with Crippen molar-refractivity contribution in [3.05, 3.63) is 23.3 Å². The van der Waals surface area contributed by atoms with E-state index in [0.29, 0.717) is 28.7 Å². The van der Waals surface area contributed by atoms with Crippen molar-refractivity contribution in [3.63, 3.8) is 0 Å². The van der Waals surface area contributed by atoms with Gasteiger partial charge in [-0.15, -0.1) is 0 Å². The minimum Gasteiger partial charge on any atom is -0.502 e. The Hall–Kier alpha value is -2.80. The van der Waals surface area contributed by atoms with E-state index in [1.165, 1.54) is 14.2 Å². The third kappa shape index (κ3) is 2.61. The number of methoxy groups -OCH3 is 5. The first-order valence-electron chi connectivity index (χ1n) is 9.89. The zero-order valence-corrected chi connectivity index (χ0v) is 18.4. The Balaban J connectivity index is 2.19. The summed E-state index contributed by atoms with van der Waals surface area (Å²) in [6.45, 7) is 4.33. The molecule has 1 saturated heterocycles. The smallest absolute Gasteiger partial charge is 0.203 e. The second-order valence-corrected chi connectivity index (χ2v) is 7.73. The van der Waals surface area contributed by atoms with Gasteiger partial charge in [0.25, 0.3) is 0 Å². The predicted molar refractivity (Wildman–Crippen MR) is 111 cm³/mol. The van der Waals surface area contributed by atoms with E-state index in [2.05, 4.69) is 13.8 Å². The van der Waals surface area contributed by atoms with Gasteiger partial charge in [0, 0.05) is 11.1 Å². The highest BCUT2D eigenvalue weighted by atomic mass is 16.5. The summed E-state index contributed by atoms with van der Waals surface area (Å²) in [6.07, 6.45) is -0.445. The molecule has 2 heterocycles. The standard InChI is InChI=1S/C23H28O7/c1-10-11(2)20-17-12(8-14(25-3)18(24)22(17)28-6)16-13(19(10)30-20)9-15(26-4)21(27-5)23(16)29-7/h8-11,19-20,24H,1-7H3. The molecule has 0 aromatic heterocycles. The summed E-state index contributed by atoms with van der Waals surface area (Å²) in [6, 6.07) is 3.76. The van der Waals surface area contributed by atoms with Crippen LogP contribution >= 0.6 is 0 Å².